The van der Waals surface area contributed by atoms with Crippen molar-refractivity contribution in [3.8, 4) is 0 Å². The number of carbonyl (C=O) groups is 2. The molecule has 0 saturated carbocycles. The lowest BCUT2D eigenvalue weighted by molar-refractivity contribution is -0.870. The Morgan fingerprint density at radius 2 is 0.895 bits per heavy atom. The molecule has 0 fully saturated rings. The summed E-state index contributed by atoms with van der Waals surface area (Å²) in [4.78, 5) is 37.6. The monoisotopic (exact) mass is 830 g/mol. The highest BCUT2D eigenvalue weighted by atomic mass is 31.2. The first-order valence-corrected chi connectivity index (χ1v) is 25.4. The van der Waals surface area contributed by atoms with Gasteiger partial charge < -0.3 is 27.9 Å². The average molecular weight is 830 g/mol. The predicted octanol–water partition coefficient (Wildman–Crippen LogP) is 13.1. The third kappa shape index (κ3) is 44.1. The number of phosphoric acid groups is 1. The number of likely N-dealkylation sites (N-methyl/N-ethyl adjacent to an activating group) is 1. The van der Waals surface area contributed by atoms with Gasteiger partial charge in [-0.25, -0.2) is 0 Å². The molecule has 0 amide bonds. The van der Waals surface area contributed by atoms with Crippen molar-refractivity contribution in [2.75, 3.05) is 47.5 Å². The molecule has 0 N–H and O–H groups in total. The highest BCUT2D eigenvalue weighted by Crippen LogP contribution is 2.38. The Balaban J connectivity index is 4.27. The first-order valence-electron chi connectivity index (χ1n) is 23.9. The summed E-state index contributed by atoms with van der Waals surface area (Å²) in [6.07, 6.45) is 42.3. The summed E-state index contributed by atoms with van der Waals surface area (Å²) in [6, 6.07) is 0. The Labute approximate surface area is 352 Å². The van der Waals surface area contributed by atoms with Gasteiger partial charge in [-0.2, -0.15) is 0 Å². The molecule has 0 aliphatic heterocycles. The predicted molar refractivity (Wildman–Crippen MR) is 236 cm³/mol. The smallest absolute Gasteiger partial charge is 0.306 e. The Morgan fingerprint density at radius 3 is 1.30 bits per heavy atom. The van der Waals surface area contributed by atoms with Gasteiger partial charge in [0, 0.05) is 12.8 Å². The summed E-state index contributed by atoms with van der Waals surface area (Å²) in [5.41, 5.74) is 0. The van der Waals surface area contributed by atoms with Gasteiger partial charge in [-0.1, -0.05) is 187 Å². The van der Waals surface area contributed by atoms with E-state index in [0.717, 1.165) is 51.4 Å². The van der Waals surface area contributed by atoms with E-state index < -0.39 is 26.5 Å². The van der Waals surface area contributed by atoms with Crippen LogP contribution in [0.5, 0.6) is 0 Å². The fourth-order valence-electron chi connectivity index (χ4n) is 6.77. The van der Waals surface area contributed by atoms with Crippen LogP contribution in [0, 0.1) is 0 Å². The van der Waals surface area contributed by atoms with Gasteiger partial charge >= 0.3 is 11.9 Å². The number of ether oxygens (including phenoxy) is 2. The molecule has 0 aliphatic rings. The zero-order chi connectivity index (χ0) is 42.1. The van der Waals surface area contributed by atoms with Gasteiger partial charge in [0.25, 0.3) is 7.82 Å². The van der Waals surface area contributed by atoms with Gasteiger partial charge in [0.1, 0.15) is 19.8 Å². The summed E-state index contributed by atoms with van der Waals surface area (Å²) in [5, 5.41) is 0. The van der Waals surface area contributed by atoms with Crippen molar-refractivity contribution < 1.29 is 42.1 Å². The lowest BCUT2D eigenvalue weighted by Gasteiger charge is -2.28. The van der Waals surface area contributed by atoms with E-state index >= 15 is 0 Å². The molecule has 0 rings (SSSR count). The van der Waals surface area contributed by atoms with Crippen LogP contribution in [-0.4, -0.2) is 70.0 Å². The van der Waals surface area contributed by atoms with Crippen molar-refractivity contribution in [3.05, 3.63) is 12.2 Å². The molecule has 0 heterocycles. The van der Waals surface area contributed by atoms with E-state index in [1.807, 2.05) is 21.1 Å². The van der Waals surface area contributed by atoms with Crippen LogP contribution in [0.3, 0.4) is 0 Å². The molecule has 0 saturated heterocycles. The van der Waals surface area contributed by atoms with Crippen molar-refractivity contribution in [1.82, 2.24) is 0 Å². The fourth-order valence-corrected chi connectivity index (χ4v) is 7.50. The minimum atomic E-state index is -4.62. The highest BCUT2D eigenvalue weighted by molar-refractivity contribution is 7.45. The largest absolute Gasteiger partial charge is 0.756 e. The third-order valence-electron chi connectivity index (χ3n) is 10.5. The molecule has 0 aromatic heterocycles. The van der Waals surface area contributed by atoms with E-state index in [4.69, 9.17) is 18.5 Å². The molecule has 0 aromatic rings. The first-order chi connectivity index (χ1) is 27.5. The van der Waals surface area contributed by atoms with Crippen LogP contribution in [0.25, 0.3) is 0 Å². The maximum Gasteiger partial charge on any atom is 0.306 e. The van der Waals surface area contributed by atoms with Crippen LogP contribution >= 0.6 is 7.82 Å². The van der Waals surface area contributed by atoms with Crippen LogP contribution in [0.2, 0.25) is 0 Å². The van der Waals surface area contributed by atoms with Crippen molar-refractivity contribution in [1.29, 1.82) is 0 Å². The van der Waals surface area contributed by atoms with E-state index in [2.05, 4.69) is 26.0 Å². The normalized spacial score (nSPS) is 13.6. The van der Waals surface area contributed by atoms with E-state index in [-0.39, 0.29) is 32.0 Å². The summed E-state index contributed by atoms with van der Waals surface area (Å²) < 4.78 is 34.0. The summed E-state index contributed by atoms with van der Waals surface area (Å²) in [6.45, 7) is 4.24. The molecular formula is C47H92NO8P. The Hall–Kier alpha value is -1.25. The number of nitrogens with zero attached hydrogens (tertiary/aromatic N) is 1. The molecule has 57 heavy (non-hydrogen) atoms. The molecule has 0 bridgehead atoms. The van der Waals surface area contributed by atoms with Crippen molar-refractivity contribution >= 4 is 19.8 Å². The number of allylic oxidation sites excluding steroid dienone is 2. The zero-order valence-corrected chi connectivity index (χ0v) is 38.9. The van der Waals surface area contributed by atoms with Gasteiger partial charge in [-0.15, -0.1) is 0 Å². The molecule has 0 radical (unpaired) electrons. The van der Waals surface area contributed by atoms with E-state index in [0.29, 0.717) is 17.4 Å². The van der Waals surface area contributed by atoms with Crippen LogP contribution in [0.4, 0.5) is 0 Å². The van der Waals surface area contributed by atoms with Gasteiger partial charge in [-0.05, 0) is 38.5 Å². The van der Waals surface area contributed by atoms with Crippen molar-refractivity contribution in [2.45, 2.75) is 232 Å². The lowest BCUT2D eigenvalue weighted by Crippen LogP contribution is -2.37. The second-order valence-electron chi connectivity index (χ2n) is 17.5. The first kappa shape index (κ1) is 55.8. The minimum Gasteiger partial charge on any atom is -0.756 e. The summed E-state index contributed by atoms with van der Waals surface area (Å²) >= 11 is 0. The average Bonchev–Trinajstić information content (AvgIpc) is 3.16. The van der Waals surface area contributed by atoms with E-state index in [1.165, 1.54) is 141 Å². The fraction of sp³-hybridized carbons (Fsp3) is 0.915. The second kappa shape index (κ2) is 40.2. The molecule has 1 unspecified atom stereocenters. The summed E-state index contributed by atoms with van der Waals surface area (Å²) in [7, 11) is 1.17. The molecular weight excluding hydrogens is 737 g/mol. The van der Waals surface area contributed by atoms with E-state index in [9.17, 15) is 19.0 Å². The SMILES string of the molecule is CCCCCCC/C=C/CCCCCCCC(=O)OC[C@H](COP(=O)([O-])OCC[N+](C)(C)C)OC(=O)CCCCCCCCCCCCCCCCCCCCC. The quantitative estimate of drug-likeness (QED) is 0.0196. The van der Waals surface area contributed by atoms with Gasteiger partial charge in [0.15, 0.2) is 6.10 Å². The third-order valence-corrected chi connectivity index (χ3v) is 11.5. The molecule has 0 aromatic carbocycles. The van der Waals surface area contributed by atoms with Crippen LogP contribution in [0.15, 0.2) is 12.2 Å². The Morgan fingerprint density at radius 1 is 0.526 bits per heavy atom. The van der Waals surface area contributed by atoms with Crippen molar-refractivity contribution in [2.24, 2.45) is 0 Å². The van der Waals surface area contributed by atoms with E-state index in [1.54, 1.807) is 0 Å². The molecule has 0 spiro atoms. The van der Waals surface area contributed by atoms with Crippen LogP contribution in [-0.2, 0) is 32.7 Å². The second-order valence-corrected chi connectivity index (χ2v) is 18.9. The Bertz CT molecular complexity index is 985. The van der Waals surface area contributed by atoms with Crippen LogP contribution < -0.4 is 4.89 Å². The maximum absolute atomic E-state index is 12.7. The molecule has 9 nitrogen and oxygen atoms in total. The van der Waals surface area contributed by atoms with Crippen LogP contribution in [0.1, 0.15) is 226 Å². The minimum absolute atomic E-state index is 0.0288. The van der Waals surface area contributed by atoms with Gasteiger partial charge in [-0.3, -0.25) is 14.2 Å². The standard InChI is InChI=1S/C47H92NO8P/c1-6-8-10-12-14-16-18-20-22-23-24-25-26-28-30-32-34-36-38-40-47(50)56-45(44-55-57(51,52)54-42-41-48(3,4)5)43-53-46(49)39-37-35-33-31-29-27-21-19-17-15-13-11-9-7-2/h19,21,45H,6-18,20,22-44H2,1-5H3/b21-19+/t45-/m1/s1. The highest BCUT2D eigenvalue weighted by Gasteiger charge is 2.21. The number of carbonyl (C=O) groups excluding carboxylic acids is 2. The molecule has 0 aliphatic carbocycles. The number of quaternary nitrogens is 1. The molecule has 338 valence electrons. The number of rotatable bonds is 44. The van der Waals surface area contributed by atoms with Gasteiger partial charge in [0.05, 0.1) is 27.7 Å². The maximum atomic E-state index is 12.7. The number of hydrogen-bond acceptors (Lipinski definition) is 8. The molecule has 2 atom stereocenters. The van der Waals surface area contributed by atoms with Gasteiger partial charge in [0.2, 0.25) is 0 Å². The molecule has 10 heteroatoms. The lowest BCUT2D eigenvalue weighted by atomic mass is 10.0. The van der Waals surface area contributed by atoms with Crippen molar-refractivity contribution in [3.63, 3.8) is 0 Å². The number of phosphoric ester groups is 1. The summed E-state index contributed by atoms with van der Waals surface area (Å²) in [5.74, 6) is -0.832. The number of esters is 2. The number of unbranched alkanes of at least 4 members (excludes halogenated alkanes) is 28. The Kier molecular flexibility index (Phi) is 39.3. The topological polar surface area (TPSA) is 111 Å². The zero-order valence-electron chi connectivity index (χ0n) is 38.1. The number of hydrogen-bond donors (Lipinski definition) is 0.